The summed E-state index contributed by atoms with van der Waals surface area (Å²) in [7, 11) is -4.18. The summed E-state index contributed by atoms with van der Waals surface area (Å²) < 4.78 is 66.4. The molecule has 0 bridgehead atoms. The summed E-state index contributed by atoms with van der Waals surface area (Å²) in [6.45, 7) is 3.40. The highest BCUT2D eigenvalue weighted by Gasteiger charge is 2.41. The Bertz CT molecular complexity index is 620. The Morgan fingerprint density at radius 3 is 2.18 bits per heavy atom. The Morgan fingerprint density at radius 2 is 1.68 bits per heavy atom. The first-order valence-electron chi connectivity index (χ1n) is 7.35. The molecule has 1 aliphatic rings. The van der Waals surface area contributed by atoms with Gasteiger partial charge in [0.15, 0.2) is 0 Å². The van der Waals surface area contributed by atoms with Crippen molar-refractivity contribution in [1.82, 2.24) is 4.31 Å². The van der Waals surface area contributed by atoms with E-state index in [1.807, 2.05) is 0 Å². The highest BCUT2D eigenvalue weighted by molar-refractivity contribution is 7.89. The summed E-state index contributed by atoms with van der Waals surface area (Å²) in [5.74, 6) is 0. The summed E-state index contributed by atoms with van der Waals surface area (Å²) in [5.41, 5.74) is -1.10. The van der Waals surface area contributed by atoms with E-state index in [4.69, 9.17) is 0 Å². The van der Waals surface area contributed by atoms with Crippen LogP contribution in [0, 0.1) is 0 Å². The molecule has 0 saturated heterocycles. The largest absolute Gasteiger partial charge is 0.417 e. The molecule has 1 aromatic rings. The minimum absolute atomic E-state index is 0.216. The molecule has 0 unspecified atom stereocenters. The highest BCUT2D eigenvalue weighted by Crippen LogP contribution is 2.37. The van der Waals surface area contributed by atoms with Crippen LogP contribution in [-0.4, -0.2) is 24.8 Å². The van der Waals surface area contributed by atoms with Crippen LogP contribution in [0.4, 0.5) is 13.2 Å². The molecule has 0 heterocycles. The van der Waals surface area contributed by atoms with Gasteiger partial charge in [0.2, 0.25) is 10.0 Å². The molecule has 0 amide bonds. The van der Waals surface area contributed by atoms with Crippen molar-refractivity contribution >= 4 is 10.0 Å². The average molecular weight is 335 g/mol. The Hall–Kier alpha value is -1.08. The van der Waals surface area contributed by atoms with E-state index in [0.717, 1.165) is 25.0 Å². The third-order valence-corrected chi connectivity index (χ3v) is 6.13. The van der Waals surface area contributed by atoms with Crippen LogP contribution in [0.2, 0.25) is 0 Å². The van der Waals surface area contributed by atoms with Crippen molar-refractivity contribution < 1.29 is 21.6 Å². The molecule has 7 heteroatoms. The maximum atomic E-state index is 13.1. The number of nitrogens with zero attached hydrogens (tertiary/aromatic N) is 1. The van der Waals surface area contributed by atoms with Crippen LogP contribution in [0.15, 0.2) is 29.2 Å². The molecular formula is C15H20F3NO2S. The van der Waals surface area contributed by atoms with Gasteiger partial charge in [0.05, 0.1) is 10.5 Å². The second-order valence-electron chi connectivity index (χ2n) is 5.86. The standard InChI is InChI=1S/C15H20F3NO2S/c1-11(2)19(12-7-3-4-8-12)22(20,21)14-10-6-5-9-13(14)15(16,17)18/h5-6,9-12H,3-4,7-8H2,1-2H3. The molecule has 2 rings (SSSR count). The molecule has 0 N–H and O–H groups in total. The summed E-state index contributed by atoms with van der Waals surface area (Å²) in [6, 6.07) is 3.80. The van der Waals surface area contributed by atoms with Crippen LogP contribution >= 0.6 is 0 Å². The number of halogens is 3. The van der Waals surface area contributed by atoms with Crippen molar-refractivity contribution in [2.45, 2.75) is 62.7 Å². The van der Waals surface area contributed by atoms with Gasteiger partial charge in [0, 0.05) is 12.1 Å². The Labute approximate surface area is 129 Å². The molecule has 0 aliphatic heterocycles. The zero-order valence-corrected chi connectivity index (χ0v) is 13.4. The maximum absolute atomic E-state index is 13.1. The molecule has 1 aliphatic carbocycles. The van der Waals surface area contributed by atoms with Gasteiger partial charge in [-0.15, -0.1) is 0 Å². The van der Waals surface area contributed by atoms with Gasteiger partial charge >= 0.3 is 6.18 Å². The molecule has 3 nitrogen and oxygen atoms in total. The van der Waals surface area contributed by atoms with Crippen molar-refractivity contribution in [2.24, 2.45) is 0 Å². The van der Waals surface area contributed by atoms with Gasteiger partial charge < -0.3 is 0 Å². The van der Waals surface area contributed by atoms with Crippen LogP contribution in [0.3, 0.4) is 0 Å². The molecule has 0 radical (unpaired) electrons. The Kier molecular flexibility index (Phi) is 4.87. The average Bonchev–Trinajstić information content (AvgIpc) is 2.90. The number of hydrogen-bond acceptors (Lipinski definition) is 2. The van der Waals surface area contributed by atoms with Crippen LogP contribution < -0.4 is 0 Å². The molecule has 124 valence electrons. The lowest BCUT2D eigenvalue weighted by atomic mass is 10.2. The first-order valence-corrected chi connectivity index (χ1v) is 8.79. The molecule has 0 aromatic heterocycles. The molecule has 22 heavy (non-hydrogen) atoms. The number of rotatable bonds is 4. The molecule has 1 saturated carbocycles. The third kappa shape index (κ3) is 3.30. The Balaban J connectivity index is 2.53. The van der Waals surface area contributed by atoms with Crippen molar-refractivity contribution in [3.8, 4) is 0 Å². The minimum atomic E-state index is -4.69. The lowest BCUT2D eigenvalue weighted by Gasteiger charge is -2.32. The van der Waals surface area contributed by atoms with E-state index in [2.05, 4.69) is 0 Å². The van der Waals surface area contributed by atoms with E-state index in [0.29, 0.717) is 12.8 Å². The fourth-order valence-electron chi connectivity index (χ4n) is 3.09. The predicted molar refractivity (Wildman–Crippen MR) is 77.9 cm³/mol. The van der Waals surface area contributed by atoms with Gasteiger partial charge in [-0.25, -0.2) is 8.42 Å². The highest BCUT2D eigenvalue weighted by atomic mass is 32.2. The van der Waals surface area contributed by atoms with Crippen LogP contribution in [0.1, 0.15) is 45.1 Å². The van der Waals surface area contributed by atoms with Crippen molar-refractivity contribution in [3.63, 3.8) is 0 Å². The van der Waals surface area contributed by atoms with E-state index >= 15 is 0 Å². The van der Waals surface area contributed by atoms with Gasteiger partial charge in [0.25, 0.3) is 0 Å². The monoisotopic (exact) mass is 335 g/mol. The fourth-order valence-corrected chi connectivity index (χ4v) is 5.19. The lowest BCUT2D eigenvalue weighted by Crippen LogP contribution is -2.44. The number of sulfonamides is 1. The molecule has 1 aromatic carbocycles. The quantitative estimate of drug-likeness (QED) is 0.832. The fraction of sp³-hybridized carbons (Fsp3) is 0.600. The second-order valence-corrected chi connectivity index (χ2v) is 7.67. The van der Waals surface area contributed by atoms with Crippen molar-refractivity contribution in [1.29, 1.82) is 0 Å². The van der Waals surface area contributed by atoms with Crippen molar-refractivity contribution in [2.75, 3.05) is 0 Å². The smallest absolute Gasteiger partial charge is 0.207 e. The molecule has 1 fully saturated rings. The number of benzene rings is 1. The van der Waals surface area contributed by atoms with Gasteiger partial charge in [-0.1, -0.05) is 25.0 Å². The topological polar surface area (TPSA) is 37.4 Å². The first kappa shape index (κ1) is 17.3. The summed E-state index contributed by atoms with van der Waals surface area (Å²) in [4.78, 5) is -0.650. The van der Waals surface area contributed by atoms with E-state index in [1.165, 1.54) is 16.4 Å². The zero-order valence-electron chi connectivity index (χ0n) is 12.6. The Morgan fingerprint density at radius 1 is 1.14 bits per heavy atom. The number of alkyl halides is 3. The van der Waals surface area contributed by atoms with E-state index in [-0.39, 0.29) is 12.1 Å². The van der Waals surface area contributed by atoms with Crippen LogP contribution in [-0.2, 0) is 16.2 Å². The summed E-state index contributed by atoms with van der Waals surface area (Å²) >= 11 is 0. The first-order chi connectivity index (χ1) is 10.2. The zero-order chi connectivity index (χ0) is 16.5. The SMILES string of the molecule is CC(C)N(C1CCCC1)S(=O)(=O)c1ccccc1C(F)(F)F. The van der Waals surface area contributed by atoms with Gasteiger partial charge in [0.1, 0.15) is 0 Å². The number of hydrogen-bond donors (Lipinski definition) is 0. The van der Waals surface area contributed by atoms with Gasteiger partial charge in [-0.2, -0.15) is 17.5 Å². The van der Waals surface area contributed by atoms with E-state index in [9.17, 15) is 21.6 Å². The minimum Gasteiger partial charge on any atom is -0.207 e. The van der Waals surface area contributed by atoms with Gasteiger partial charge in [-0.3, -0.25) is 0 Å². The van der Waals surface area contributed by atoms with E-state index < -0.39 is 26.7 Å². The van der Waals surface area contributed by atoms with E-state index in [1.54, 1.807) is 13.8 Å². The normalized spacial score (nSPS) is 17.6. The van der Waals surface area contributed by atoms with Crippen LogP contribution in [0.25, 0.3) is 0 Å². The maximum Gasteiger partial charge on any atom is 0.417 e. The van der Waals surface area contributed by atoms with Crippen molar-refractivity contribution in [3.05, 3.63) is 29.8 Å². The molecule has 0 atom stereocenters. The second kappa shape index (κ2) is 6.20. The third-order valence-electron chi connectivity index (χ3n) is 3.94. The van der Waals surface area contributed by atoms with Crippen LogP contribution in [0.5, 0.6) is 0 Å². The lowest BCUT2D eigenvalue weighted by molar-refractivity contribution is -0.139. The molecule has 0 spiro atoms. The van der Waals surface area contributed by atoms with Gasteiger partial charge in [-0.05, 0) is 38.8 Å². The summed E-state index contributed by atoms with van der Waals surface area (Å²) in [6.07, 6.45) is -1.48. The molecular weight excluding hydrogens is 315 g/mol. The summed E-state index contributed by atoms with van der Waals surface area (Å²) in [5, 5.41) is 0. The predicted octanol–water partition coefficient (Wildman–Crippen LogP) is 4.05.